The van der Waals surface area contributed by atoms with E-state index < -0.39 is 5.97 Å². The molecule has 0 aliphatic rings. The summed E-state index contributed by atoms with van der Waals surface area (Å²) >= 11 is 5.32. The summed E-state index contributed by atoms with van der Waals surface area (Å²) in [5.41, 5.74) is 0.131. The molecule has 92 valence electrons. The van der Waals surface area contributed by atoms with E-state index in [2.05, 4.69) is 0 Å². The fourth-order valence-electron chi connectivity index (χ4n) is 1.21. The Morgan fingerprint density at radius 1 is 1.29 bits per heavy atom. The van der Waals surface area contributed by atoms with E-state index in [0.717, 1.165) is 0 Å². The van der Waals surface area contributed by atoms with Gasteiger partial charge in [0.05, 0.1) is 19.8 Å². The molecule has 0 N–H and O–H groups in total. The lowest BCUT2D eigenvalue weighted by atomic mass is 10.2. The van der Waals surface area contributed by atoms with Crippen LogP contribution < -0.4 is 14.2 Å². The van der Waals surface area contributed by atoms with Crippen LogP contribution in [0.15, 0.2) is 12.1 Å². The van der Waals surface area contributed by atoms with Crippen LogP contribution in [-0.4, -0.2) is 32.4 Å². The van der Waals surface area contributed by atoms with Crippen molar-refractivity contribution in [3.05, 3.63) is 17.7 Å². The predicted molar refractivity (Wildman–Crippen MR) is 61.3 cm³/mol. The Kier molecular flexibility index (Phi) is 4.78. The van der Waals surface area contributed by atoms with Gasteiger partial charge in [0.25, 0.3) is 0 Å². The normalized spacial score (nSPS) is 9.59. The molecule has 0 bridgehead atoms. The molecule has 0 radical (unpaired) electrons. The summed E-state index contributed by atoms with van der Waals surface area (Å²) in [5.74, 6) is -0.244. The molecule has 0 saturated carbocycles. The van der Waals surface area contributed by atoms with Gasteiger partial charge in [0.2, 0.25) is 0 Å². The molecule has 1 rings (SSSR count). The zero-order valence-corrected chi connectivity index (χ0v) is 10.1. The van der Waals surface area contributed by atoms with Crippen LogP contribution in [0.4, 0.5) is 0 Å². The van der Waals surface area contributed by atoms with E-state index in [9.17, 15) is 9.59 Å². The van der Waals surface area contributed by atoms with Gasteiger partial charge in [-0.2, -0.15) is 0 Å². The zero-order valence-electron chi connectivity index (χ0n) is 9.36. The molecule has 0 spiro atoms. The lowest BCUT2D eigenvalue weighted by molar-refractivity contribution is -0.131. The van der Waals surface area contributed by atoms with Crippen molar-refractivity contribution < 1.29 is 23.8 Å². The van der Waals surface area contributed by atoms with Crippen LogP contribution in [0.3, 0.4) is 0 Å². The first-order valence-electron chi connectivity index (χ1n) is 4.64. The SMILES string of the molecule is COc1cc(OC)c(C=O)c(OC(=O)CCl)c1. The van der Waals surface area contributed by atoms with Gasteiger partial charge >= 0.3 is 5.97 Å². The number of carbonyl (C=O) groups excluding carboxylic acids is 2. The quantitative estimate of drug-likeness (QED) is 0.348. The highest BCUT2D eigenvalue weighted by atomic mass is 35.5. The zero-order chi connectivity index (χ0) is 12.8. The summed E-state index contributed by atoms with van der Waals surface area (Å²) in [6.45, 7) is 0. The van der Waals surface area contributed by atoms with Gasteiger partial charge in [-0.3, -0.25) is 9.59 Å². The summed E-state index contributed by atoms with van der Waals surface area (Å²) in [6.07, 6.45) is 0.537. The molecule has 0 fully saturated rings. The average Bonchev–Trinajstić information content (AvgIpc) is 2.37. The minimum atomic E-state index is -0.662. The molecule has 0 aliphatic carbocycles. The van der Waals surface area contributed by atoms with Gasteiger partial charge in [0, 0.05) is 12.1 Å². The molecular formula is C11H11ClO5. The molecule has 0 aliphatic heterocycles. The number of ether oxygens (including phenoxy) is 3. The molecule has 0 aromatic heterocycles. The highest BCUT2D eigenvalue weighted by Crippen LogP contribution is 2.32. The Morgan fingerprint density at radius 3 is 2.41 bits per heavy atom. The van der Waals surface area contributed by atoms with Crippen LogP contribution in [0, 0.1) is 0 Å². The number of hydrogen-bond donors (Lipinski definition) is 0. The fourth-order valence-corrected chi connectivity index (χ4v) is 1.27. The minimum absolute atomic E-state index is 0.0573. The third-order valence-electron chi connectivity index (χ3n) is 1.98. The lowest BCUT2D eigenvalue weighted by Gasteiger charge is -2.11. The van der Waals surface area contributed by atoms with Crippen molar-refractivity contribution in [3.8, 4) is 17.2 Å². The maximum Gasteiger partial charge on any atom is 0.326 e. The van der Waals surface area contributed by atoms with Gasteiger partial charge in [-0.25, -0.2) is 0 Å². The van der Waals surface area contributed by atoms with Gasteiger partial charge in [0.15, 0.2) is 6.29 Å². The number of aldehydes is 1. The number of rotatable bonds is 5. The van der Waals surface area contributed by atoms with Crippen LogP contribution in [-0.2, 0) is 4.79 Å². The summed E-state index contributed by atoms with van der Waals surface area (Å²) in [7, 11) is 2.84. The smallest absolute Gasteiger partial charge is 0.326 e. The number of esters is 1. The maximum absolute atomic E-state index is 11.1. The Balaban J connectivity index is 3.23. The largest absolute Gasteiger partial charge is 0.496 e. The number of alkyl halides is 1. The second kappa shape index (κ2) is 6.10. The topological polar surface area (TPSA) is 61.8 Å². The van der Waals surface area contributed by atoms with Gasteiger partial charge < -0.3 is 14.2 Å². The molecule has 17 heavy (non-hydrogen) atoms. The van der Waals surface area contributed by atoms with Crippen molar-refractivity contribution in [1.82, 2.24) is 0 Å². The number of halogens is 1. The van der Waals surface area contributed by atoms with E-state index >= 15 is 0 Å². The molecule has 0 atom stereocenters. The predicted octanol–water partition coefficient (Wildman–Crippen LogP) is 1.66. The van der Waals surface area contributed by atoms with Crippen LogP contribution in [0.5, 0.6) is 17.2 Å². The third-order valence-corrected chi connectivity index (χ3v) is 2.20. The van der Waals surface area contributed by atoms with Crippen molar-refractivity contribution in [2.45, 2.75) is 0 Å². The van der Waals surface area contributed by atoms with Gasteiger partial charge in [-0.1, -0.05) is 0 Å². The Morgan fingerprint density at radius 2 is 1.94 bits per heavy atom. The highest BCUT2D eigenvalue weighted by molar-refractivity contribution is 6.26. The Hall–Kier alpha value is -1.75. The number of hydrogen-bond acceptors (Lipinski definition) is 5. The van der Waals surface area contributed by atoms with Crippen molar-refractivity contribution >= 4 is 23.9 Å². The van der Waals surface area contributed by atoms with E-state index in [4.69, 9.17) is 25.8 Å². The van der Waals surface area contributed by atoms with E-state index in [0.29, 0.717) is 12.0 Å². The molecule has 0 amide bonds. The molecule has 0 heterocycles. The summed E-state index contributed by atoms with van der Waals surface area (Å²) in [4.78, 5) is 22.0. The summed E-state index contributed by atoms with van der Waals surface area (Å²) in [6, 6.07) is 2.93. The van der Waals surface area contributed by atoms with Crippen molar-refractivity contribution in [2.75, 3.05) is 20.1 Å². The molecule has 0 unspecified atom stereocenters. The van der Waals surface area contributed by atoms with Crippen molar-refractivity contribution in [3.63, 3.8) is 0 Å². The minimum Gasteiger partial charge on any atom is -0.496 e. The van der Waals surface area contributed by atoms with Crippen LogP contribution in [0.1, 0.15) is 10.4 Å². The lowest BCUT2D eigenvalue weighted by Crippen LogP contribution is -2.11. The van der Waals surface area contributed by atoms with E-state index in [-0.39, 0.29) is 22.9 Å². The first kappa shape index (κ1) is 13.3. The highest BCUT2D eigenvalue weighted by Gasteiger charge is 2.15. The van der Waals surface area contributed by atoms with Crippen LogP contribution in [0.25, 0.3) is 0 Å². The summed E-state index contributed by atoms with van der Waals surface area (Å²) in [5, 5.41) is 0. The third kappa shape index (κ3) is 3.10. The molecule has 1 aromatic carbocycles. The van der Waals surface area contributed by atoms with Gasteiger partial charge in [0.1, 0.15) is 23.1 Å². The number of carbonyl (C=O) groups is 2. The van der Waals surface area contributed by atoms with Crippen LogP contribution in [0.2, 0.25) is 0 Å². The molecule has 0 saturated heterocycles. The first-order valence-corrected chi connectivity index (χ1v) is 5.17. The monoisotopic (exact) mass is 258 g/mol. The number of methoxy groups -OCH3 is 2. The standard InChI is InChI=1S/C11H11ClO5/c1-15-7-3-9(16-2)8(6-13)10(4-7)17-11(14)5-12/h3-4,6H,5H2,1-2H3. The summed E-state index contributed by atoms with van der Waals surface area (Å²) < 4.78 is 14.9. The molecule has 5 nitrogen and oxygen atoms in total. The average molecular weight is 259 g/mol. The van der Waals surface area contributed by atoms with Gasteiger partial charge in [-0.15, -0.1) is 11.6 Å². The van der Waals surface area contributed by atoms with Gasteiger partial charge in [-0.05, 0) is 0 Å². The Bertz CT molecular complexity index is 430. The Labute approximate surface area is 103 Å². The van der Waals surface area contributed by atoms with E-state index in [1.165, 1.54) is 26.4 Å². The molecular weight excluding hydrogens is 248 g/mol. The second-order valence-electron chi connectivity index (χ2n) is 2.97. The van der Waals surface area contributed by atoms with E-state index in [1.54, 1.807) is 0 Å². The van der Waals surface area contributed by atoms with Crippen molar-refractivity contribution in [1.29, 1.82) is 0 Å². The van der Waals surface area contributed by atoms with Crippen LogP contribution >= 0.6 is 11.6 Å². The van der Waals surface area contributed by atoms with E-state index in [1.807, 2.05) is 0 Å². The second-order valence-corrected chi connectivity index (χ2v) is 3.23. The molecule has 1 aromatic rings. The molecule has 6 heteroatoms. The van der Waals surface area contributed by atoms with Crippen molar-refractivity contribution in [2.24, 2.45) is 0 Å². The first-order chi connectivity index (χ1) is 8.15. The fraction of sp³-hybridized carbons (Fsp3) is 0.273. The number of benzene rings is 1. The maximum atomic E-state index is 11.1.